The molecule has 1 atom stereocenters. The molecule has 5 nitrogen and oxygen atoms in total. The highest BCUT2D eigenvalue weighted by Gasteiger charge is 2.23. The number of nitrogens with zero attached hydrogens (tertiary/aromatic N) is 1. The van der Waals surface area contributed by atoms with Crippen LogP contribution in [-0.2, 0) is 9.59 Å². The lowest BCUT2D eigenvalue weighted by molar-refractivity contribution is -0.136. The van der Waals surface area contributed by atoms with Crippen LogP contribution in [0.2, 0.25) is 0 Å². The van der Waals surface area contributed by atoms with Crippen LogP contribution in [0.1, 0.15) is 60.5 Å². The van der Waals surface area contributed by atoms with E-state index in [1.165, 1.54) is 0 Å². The molecule has 25 heavy (non-hydrogen) atoms. The molecule has 0 spiro atoms. The van der Waals surface area contributed by atoms with Crippen molar-refractivity contribution in [2.45, 2.75) is 58.9 Å². The molecule has 1 aliphatic rings. The lowest BCUT2D eigenvalue weighted by atomic mass is 9.99. The molecule has 0 aromatic heterocycles. The van der Waals surface area contributed by atoms with Gasteiger partial charge < -0.3 is 10.2 Å². The average molecular weight is 344 g/mol. The predicted octanol–water partition coefficient (Wildman–Crippen LogP) is 2.78. The molecule has 1 heterocycles. The van der Waals surface area contributed by atoms with Crippen LogP contribution >= 0.6 is 0 Å². The Bertz CT molecular complexity index is 648. The van der Waals surface area contributed by atoms with Crippen LogP contribution in [-0.4, -0.2) is 41.6 Å². The van der Waals surface area contributed by atoms with Gasteiger partial charge in [0, 0.05) is 31.5 Å². The third kappa shape index (κ3) is 5.41. The van der Waals surface area contributed by atoms with Gasteiger partial charge in [-0.05, 0) is 51.7 Å². The molecule has 1 aromatic carbocycles. The van der Waals surface area contributed by atoms with E-state index >= 15 is 0 Å². The molecule has 2 rings (SSSR count). The lowest BCUT2D eigenvalue weighted by Gasteiger charge is -2.29. The van der Waals surface area contributed by atoms with Crippen molar-refractivity contribution < 1.29 is 14.4 Å². The number of ketones is 1. The lowest BCUT2D eigenvalue weighted by Crippen LogP contribution is -2.48. The molecular formula is C20H28N2O3. The first-order chi connectivity index (χ1) is 11.9. The highest BCUT2D eigenvalue weighted by atomic mass is 16.2. The number of likely N-dealkylation sites (tertiary alicyclic amines) is 1. The zero-order valence-electron chi connectivity index (χ0n) is 15.4. The largest absolute Gasteiger partial charge is 0.345 e. The molecule has 0 bridgehead atoms. The van der Waals surface area contributed by atoms with Crippen molar-refractivity contribution >= 4 is 17.6 Å². The second-order valence-electron chi connectivity index (χ2n) is 6.92. The van der Waals surface area contributed by atoms with E-state index in [9.17, 15) is 14.4 Å². The first-order valence-corrected chi connectivity index (χ1v) is 9.07. The number of piperidine rings is 1. The second kappa shape index (κ2) is 8.79. The third-order valence-corrected chi connectivity index (χ3v) is 4.69. The fourth-order valence-corrected chi connectivity index (χ4v) is 3.16. The van der Waals surface area contributed by atoms with Crippen LogP contribution in [0.5, 0.6) is 0 Å². The van der Waals surface area contributed by atoms with E-state index in [1.807, 2.05) is 36.9 Å². The summed E-state index contributed by atoms with van der Waals surface area (Å²) >= 11 is 0. The van der Waals surface area contributed by atoms with Crippen LogP contribution in [0.25, 0.3) is 0 Å². The summed E-state index contributed by atoms with van der Waals surface area (Å²) in [4.78, 5) is 38.6. The highest BCUT2D eigenvalue weighted by Crippen LogP contribution is 2.14. The molecule has 1 aromatic rings. The normalized spacial score (nSPS) is 15.6. The standard InChI is InChI=1S/C20H28N2O3/c1-14-7-8-15(2)17(13-14)18(23)9-10-19(24)21-16(3)20(25)22-11-5-4-6-12-22/h7-8,13,16H,4-6,9-12H2,1-3H3,(H,21,24)/t16-/m0/s1. The Hall–Kier alpha value is -2.17. The molecule has 136 valence electrons. The minimum absolute atomic E-state index is 0.0334. The Balaban J connectivity index is 1.82. The molecule has 0 aliphatic carbocycles. The van der Waals surface area contributed by atoms with Gasteiger partial charge in [-0.1, -0.05) is 17.7 Å². The monoisotopic (exact) mass is 344 g/mol. The van der Waals surface area contributed by atoms with E-state index in [-0.39, 0.29) is 30.4 Å². The number of nitrogens with one attached hydrogen (secondary N) is 1. The Morgan fingerprint density at radius 1 is 1.08 bits per heavy atom. The molecule has 0 unspecified atom stereocenters. The Kier molecular flexibility index (Phi) is 6.73. The van der Waals surface area contributed by atoms with E-state index in [4.69, 9.17) is 0 Å². The molecule has 0 radical (unpaired) electrons. The van der Waals surface area contributed by atoms with Gasteiger partial charge in [0.05, 0.1) is 0 Å². The summed E-state index contributed by atoms with van der Waals surface area (Å²) in [5, 5.41) is 2.73. The fourth-order valence-electron chi connectivity index (χ4n) is 3.16. The van der Waals surface area contributed by atoms with Crippen LogP contribution in [0, 0.1) is 13.8 Å². The number of hydrogen-bond donors (Lipinski definition) is 1. The summed E-state index contributed by atoms with van der Waals surface area (Å²) < 4.78 is 0. The van der Waals surface area contributed by atoms with E-state index in [1.54, 1.807) is 6.92 Å². The highest BCUT2D eigenvalue weighted by molar-refractivity contribution is 5.99. The van der Waals surface area contributed by atoms with Crippen LogP contribution in [0.15, 0.2) is 18.2 Å². The van der Waals surface area contributed by atoms with Crippen LogP contribution < -0.4 is 5.32 Å². The summed E-state index contributed by atoms with van der Waals surface area (Å²) in [7, 11) is 0. The number of hydrogen-bond acceptors (Lipinski definition) is 3. The van der Waals surface area contributed by atoms with Crippen LogP contribution in [0.3, 0.4) is 0 Å². The molecular weight excluding hydrogens is 316 g/mol. The van der Waals surface area contributed by atoms with E-state index in [0.29, 0.717) is 5.56 Å². The molecule has 5 heteroatoms. The number of aryl methyl sites for hydroxylation is 2. The minimum Gasteiger partial charge on any atom is -0.345 e. The molecule has 1 N–H and O–H groups in total. The number of Topliss-reactive ketones (excluding diaryl/α,β-unsaturated/α-hetero) is 1. The van der Waals surface area contributed by atoms with E-state index < -0.39 is 6.04 Å². The number of benzene rings is 1. The number of carbonyl (C=O) groups is 3. The van der Waals surface area contributed by atoms with Gasteiger partial charge in [0.15, 0.2) is 5.78 Å². The Morgan fingerprint density at radius 2 is 1.76 bits per heavy atom. The smallest absolute Gasteiger partial charge is 0.244 e. The van der Waals surface area contributed by atoms with Gasteiger partial charge in [-0.2, -0.15) is 0 Å². The average Bonchev–Trinajstić information content (AvgIpc) is 2.61. The summed E-state index contributed by atoms with van der Waals surface area (Å²) in [6.07, 6.45) is 3.46. The summed E-state index contributed by atoms with van der Waals surface area (Å²) in [5.41, 5.74) is 2.62. The zero-order chi connectivity index (χ0) is 18.4. The van der Waals surface area contributed by atoms with Crippen molar-refractivity contribution in [2.75, 3.05) is 13.1 Å². The predicted molar refractivity (Wildman–Crippen MR) is 97.5 cm³/mol. The van der Waals surface area contributed by atoms with Gasteiger partial charge >= 0.3 is 0 Å². The number of rotatable bonds is 6. The quantitative estimate of drug-likeness (QED) is 0.807. The van der Waals surface area contributed by atoms with Crippen molar-refractivity contribution in [3.63, 3.8) is 0 Å². The SMILES string of the molecule is Cc1ccc(C)c(C(=O)CCC(=O)N[C@@H](C)C(=O)N2CCCCC2)c1. The van der Waals surface area contributed by atoms with Gasteiger partial charge in [0.1, 0.15) is 6.04 Å². The molecule has 1 saturated heterocycles. The van der Waals surface area contributed by atoms with Crippen molar-refractivity contribution in [3.05, 3.63) is 34.9 Å². The third-order valence-electron chi connectivity index (χ3n) is 4.69. The summed E-state index contributed by atoms with van der Waals surface area (Å²) in [6.45, 7) is 7.08. The maximum atomic E-state index is 12.3. The molecule has 1 aliphatic heterocycles. The second-order valence-corrected chi connectivity index (χ2v) is 6.92. The van der Waals surface area contributed by atoms with E-state index in [2.05, 4.69) is 5.32 Å². The van der Waals surface area contributed by atoms with Crippen molar-refractivity contribution in [1.29, 1.82) is 0 Å². The number of carbonyl (C=O) groups excluding carboxylic acids is 3. The van der Waals surface area contributed by atoms with Gasteiger partial charge in [0.25, 0.3) is 0 Å². The maximum Gasteiger partial charge on any atom is 0.244 e. The number of amides is 2. The topological polar surface area (TPSA) is 66.5 Å². The first-order valence-electron chi connectivity index (χ1n) is 9.07. The van der Waals surface area contributed by atoms with E-state index in [0.717, 1.165) is 43.5 Å². The maximum absolute atomic E-state index is 12.3. The van der Waals surface area contributed by atoms with Crippen LogP contribution in [0.4, 0.5) is 0 Å². The van der Waals surface area contributed by atoms with Crippen molar-refractivity contribution in [2.24, 2.45) is 0 Å². The zero-order valence-corrected chi connectivity index (χ0v) is 15.4. The molecule has 2 amide bonds. The first kappa shape index (κ1) is 19.2. The Morgan fingerprint density at radius 3 is 2.44 bits per heavy atom. The summed E-state index contributed by atoms with van der Waals surface area (Å²) in [6, 6.07) is 5.20. The van der Waals surface area contributed by atoms with Gasteiger partial charge in [-0.15, -0.1) is 0 Å². The Labute approximate surface area is 149 Å². The van der Waals surface area contributed by atoms with Crippen molar-refractivity contribution in [3.8, 4) is 0 Å². The molecule has 0 saturated carbocycles. The van der Waals surface area contributed by atoms with Crippen molar-refractivity contribution in [1.82, 2.24) is 10.2 Å². The van der Waals surface area contributed by atoms with Gasteiger partial charge in [-0.25, -0.2) is 0 Å². The molecule has 1 fully saturated rings. The fraction of sp³-hybridized carbons (Fsp3) is 0.550. The minimum atomic E-state index is -0.540. The van der Waals surface area contributed by atoms with Gasteiger partial charge in [-0.3, -0.25) is 14.4 Å². The van der Waals surface area contributed by atoms with Gasteiger partial charge in [0.2, 0.25) is 11.8 Å². The summed E-state index contributed by atoms with van der Waals surface area (Å²) in [5.74, 6) is -0.322.